The fourth-order valence-corrected chi connectivity index (χ4v) is 1.25. The van der Waals surface area contributed by atoms with E-state index in [2.05, 4.69) is 15.0 Å². The number of carbonyl (C=O) groups is 2. The van der Waals surface area contributed by atoms with Crippen LogP contribution in [-0.2, 0) is 9.53 Å². The number of nitrogens with zero attached hydrogens (tertiary/aromatic N) is 1. The smallest absolute Gasteiger partial charge is 0.326 e. The maximum Gasteiger partial charge on any atom is 0.326 e. The SMILES string of the molecule is COCCCC(NC(=O)c1ccno1)C(=O)O. The standard InChI is InChI=1S/C10H14N2O5/c1-16-6-2-3-7(10(14)15)12-9(13)8-4-5-11-17-8/h4-5,7H,2-3,6H2,1H3,(H,12,13)(H,14,15). The van der Waals surface area contributed by atoms with Crippen molar-refractivity contribution >= 4 is 11.9 Å². The molecule has 0 fully saturated rings. The molecule has 0 saturated carbocycles. The highest BCUT2D eigenvalue weighted by atomic mass is 16.5. The van der Waals surface area contributed by atoms with E-state index >= 15 is 0 Å². The number of methoxy groups -OCH3 is 1. The van der Waals surface area contributed by atoms with E-state index in [-0.39, 0.29) is 5.76 Å². The van der Waals surface area contributed by atoms with Crippen LogP contribution in [0.3, 0.4) is 0 Å². The molecule has 94 valence electrons. The number of nitrogens with one attached hydrogen (secondary N) is 1. The third-order valence-corrected chi connectivity index (χ3v) is 2.11. The average Bonchev–Trinajstić information content (AvgIpc) is 2.81. The van der Waals surface area contributed by atoms with Crippen molar-refractivity contribution in [2.24, 2.45) is 0 Å². The van der Waals surface area contributed by atoms with Crippen LogP contribution in [0.5, 0.6) is 0 Å². The summed E-state index contributed by atoms with van der Waals surface area (Å²) >= 11 is 0. The van der Waals surface area contributed by atoms with Crippen LogP contribution in [0, 0.1) is 0 Å². The topological polar surface area (TPSA) is 102 Å². The van der Waals surface area contributed by atoms with Gasteiger partial charge in [0.1, 0.15) is 6.04 Å². The predicted octanol–water partition coefficient (Wildman–Crippen LogP) is 0.284. The van der Waals surface area contributed by atoms with Gasteiger partial charge in [0.05, 0.1) is 6.20 Å². The van der Waals surface area contributed by atoms with Gasteiger partial charge in [-0.15, -0.1) is 0 Å². The number of aliphatic carboxylic acids is 1. The molecule has 0 aliphatic rings. The second-order valence-corrected chi connectivity index (χ2v) is 3.38. The maximum atomic E-state index is 11.5. The lowest BCUT2D eigenvalue weighted by molar-refractivity contribution is -0.139. The van der Waals surface area contributed by atoms with E-state index in [0.29, 0.717) is 19.4 Å². The van der Waals surface area contributed by atoms with Crippen LogP contribution in [-0.4, -0.2) is 41.9 Å². The zero-order valence-electron chi connectivity index (χ0n) is 9.38. The van der Waals surface area contributed by atoms with Gasteiger partial charge in [0.2, 0.25) is 5.76 Å². The summed E-state index contributed by atoms with van der Waals surface area (Å²) in [6.07, 6.45) is 2.16. The number of carboxylic acid groups (broad SMARTS) is 1. The van der Waals surface area contributed by atoms with Crippen molar-refractivity contribution in [1.82, 2.24) is 10.5 Å². The van der Waals surface area contributed by atoms with Gasteiger partial charge >= 0.3 is 5.97 Å². The van der Waals surface area contributed by atoms with E-state index in [4.69, 9.17) is 9.84 Å². The van der Waals surface area contributed by atoms with Gasteiger partial charge in [-0.05, 0) is 12.8 Å². The highest BCUT2D eigenvalue weighted by Gasteiger charge is 2.21. The van der Waals surface area contributed by atoms with E-state index in [0.717, 1.165) is 0 Å². The number of hydrogen-bond donors (Lipinski definition) is 2. The number of carboxylic acids is 1. The number of carbonyl (C=O) groups excluding carboxylic acids is 1. The Morgan fingerprint density at radius 2 is 2.41 bits per heavy atom. The van der Waals surface area contributed by atoms with Gasteiger partial charge in [0, 0.05) is 19.8 Å². The summed E-state index contributed by atoms with van der Waals surface area (Å²) in [5, 5.41) is 14.6. The third kappa shape index (κ3) is 4.23. The van der Waals surface area contributed by atoms with E-state index in [9.17, 15) is 9.59 Å². The molecule has 1 aromatic heterocycles. The highest BCUT2D eigenvalue weighted by Crippen LogP contribution is 2.02. The number of hydrogen-bond acceptors (Lipinski definition) is 5. The molecule has 1 heterocycles. The molecule has 1 unspecified atom stereocenters. The molecule has 0 radical (unpaired) electrons. The minimum atomic E-state index is -1.09. The molecule has 1 rings (SSSR count). The summed E-state index contributed by atoms with van der Waals surface area (Å²) in [6, 6.07) is 0.409. The van der Waals surface area contributed by atoms with Gasteiger partial charge in [-0.1, -0.05) is 5.16 Å². The highest BCUT2D eigenvalue weighted by molar-refractivity contribution is 5.94. The molecule has 0 spiro atoms. The molecule has 0 bridgehead atoms. The van der Waals surface area contributed by atoms with Crippen molar-refractivity contribution in [2.75, 3.05) is 13.7 Å². The third-order valence-electron chi connectivity index (χ3n) is 2.11. The van der Waals surface area contributed by atoms with Crippen molar-refractivity contribution < 1.29 is 24.0 Å². The Balaban J connectivity index is 2.49. The summed E-state index contributed by atoms with van der Waals surface area (Å²) in [4.78, 5) is 22.4. The fourth-order valence-electron chi connectivity index (χ4n) is 1.25. The number of rotatable bonds is 7. The van der Waals surface area contributed by atoms with Gasteiger partial charge in [-0.25, -0.2) is 4.79 Å². The molecular weight excluding hydrogens is 228 g/mol. The Morgan fingerprint density at radius 3 is 2.94 bits per heavy atom. The second-order valence-electron chi connectivity index (χ2n) is 3.38. The molecule has 1 atom stereocenters. The normalized spacial score (nSPS) is 12.1. The Labute approximate surface area is 97.7 Å². The number of amides is 1. The van der Waals surface area contributed by atoms with Crippen molar-refractivity contribution in [2.45, 2.75) is 18.9 Å². The minimum absolute atomic E-state index is 0.0111. The van der Waals surface area contributed by atoms with Crippen LogP contribution in [0.2, 0.25) is 0 Å². The number of ether oxygens (including phenoxy) is 1. The Morgan fingerprint density at radius 1 is 1.65 bits per heavy atom. The van der Waals surface area contributed by atoms with Crippen LogP contribution >= 0.6 is 0 Å². The lowest BCUT2D eigenvalue weighted by Gasteiger charge is -2.12. The van der Waals surface area contributed by atoms with Gasteiger partial charge in [0.25, 0.3) is 5.91 Å². The number of aromatic nitrogens is 1. The first-order valence-electron chi connectivity index (χ1n) is 5.08. The second kappa shape index (κ2) is 6.64. The first kappa shape index (κ1) is 13.2. The zero-order valence-corrected chi connectivity index (χ0v) is 9.38. The molecule has 0 aliphatic heterocycles. The van der Waals surface area contributed by atoms with Crippen molar-refractivity contribution in [3.63, 3.8) is 0 Å². The lowest BCUT2D eigenvalue weighted by Crippen LogP contribution is -2.40. The zero-order chi connectivity index (χ0) is 12.7. The minimum Gasteiger partial charge on any atom is -0.480 e. The first-order chi connectivity index (χ1) is 8.15. The molecule has 7 nitrogen and oxygen atoms in total. The molecule has 0 aliphatic carbocycles. The van der Waals surface area contributed by atoms with Gasteiger partial charge in [-0.3, -0.25) is 4.79 Å². The molecule has 7 heteroatoms. The predicted molar refractivity (Wildman–Crippen MR) is 56.5 cm³/mol. The van der Waals surface area contributed by atoms with E-state index in [1.165, 1.54) is 19.4 Å². The first-order valence-corrected chi connectivity index (χ1v) is 5.08. The van der Waals surface area contributed by atoms with Crippen molar-refractivity contribution in [1.29, 1.82) is 0 Å². The van der Waals surface area contributed by atoms with E-state index in [1.54, 1.807) is 0 Å². The average molecular weight is 242 g/mol. The fraction of sp³-hybridized carbons (Fsp3) is 0.500. The molecule has 17 heavy (non-hydrogen) atoms. The van der Waals surface area contributed by atoms with Crippen molar-refractivity contribution in [3.8, 4) is 0 Å². The summed E-state index contributed by atoms with van der Waals surface area (Å²) < 4.78 is 9.44. The summed E-state index contributed by atoms with van der Waals surface area (Å²) in [6.45, 7) is 0.446. The van der Waals surface area contributed by atoms with E-state index in [1.807, 2.05) is 0 Å². The summed E-state index contributed by atoms with van der Waals surface area (Å²) in [5.41, 5.74) is 0. The van der Waals surface area contributed by atoms with Crippen LogP contribution in [0.4, 0.5) is 0 Å². The van der Waals surface area contributed by atoms with Crippen LogP contribution in [0.25, 0.3) is 0 Å². The van der Waals surface area contributed by atoms with Crippen LogP contribution < -0.4 is 5.32 Å². The Hall–Kier alpha value is -1.89. The molecule has 0 saturated heterocycles. The molecule has 0 aromatic carbocycles. The maximum absolute atomic E-state index is 11.5. The summed E-state index contributed by atoms with van der Waals surface area (Å²) in [7, 11) is 1.53. The molecule has 1 amide bonds. The molecule has 2 N–H and O–H groups in total. The van der Waals surface area contributed by atoms with Crippen LogP contribution in [0.1, 0.15) is 23.4 Å². The summed E-state index contributed by atoms with van der Waals surface area (Å²) in [5.74, 6) is -1.69. The monoisotopic (exact) mass is 242 g/mol. The molecular formula is C10H14N2O5. The van der Waals surface area contributed by atoms with Gasteiger partial charge < -0.3 is 19.7 Å². The lowest BCUT2D eigenvalue weighted by atomic mass is 10.1. The Kier molecular flexibility index (Phi) is 5.15. The largest absolute Gasteiger partial charge is 0.480 e. The van der Waals surface area contributed by atoms with Crippen molar-refractivity contribution in [3.05, 3.63) is 18.0 Å². The van der Waals surface area contributed by atoms with Crippen LogP contribution in [0.15, 0.2) is 16.8 Å². The van der Waals surface area contributed by atoms with Gasteiger partial charge in [-0.2, -0.15) is 0 Å². The quantitative estimate of drug-likeness (QED) is 0.666. The van der Waals surface area contributed by atoms with Gasteiger partial charge in [0.15, 0.2) is 0 Å². The Bertz CT molecular complexity index is 363. The molecule has 1 aromatic rings. The van der Waals surface area contributed by atoms with E-state index < -0.39 is 17.9 Å².